The Bertz CT molecular complexity index is 293. The molecule has 1 rings (SSSR count). The summed E-state index contributed by atoms with van der Waals surface area (Å²) in [6.45, 7) is 8.93. The maximum absolute atomic E-state index is 3.79. The number of halogens is 1. The fourth-order valence-corrected chi connectivity index (χ4v) is 2.31. The van der Waals surface area contributed by atoms with E-state index in [4.69, 9.17) is 0 Å². The van der Waals surface area contributed by atoms with Gasteiger partial charge in [0, 0.05) is 21.9 Å². The summed E-state index contributed by atoms with van der Waals surface area (Å²) in [5, 5.41) is 5.52. The highest BCUT2D eigenvalue weighted by Gasteiger charge is 2.08. The van der Waals surface area contributed by atoms with E-state index in [1.807, 2.05) is 0 Å². The lowest BCUT2D eigenvalue weighted by atomic mass is 10.2. The molecule has 1 unspecified atom stereocenters. The van der Waals surface area contributed by atoms with Crippen molar-refractivity contribution in [3.8, 4) is 0 Å². The summed E-state index contributed by atoms with van der Waals surface area (Å²) in [7, 11) is 0. The minimum Gasteiger partial charge on any atom is -0.305 e. The van der Waals surface area contributed by atoms with Gasteiger partial charge in [-0.3, -0.25) is 0 Å². The predicted octanol–water partition coefficient (Wildman–Crippen LogP) is 3.62. The molecule has 0 saturated heterocycles. The van der Waals surface area contributed by atoms with Crippen LogP contribution in [0.2, 0.25) is 0 Å². The SMILES string of the molecule is C=C(Br)CNC(C)c1sccc1C. The number of rotatable bonds is 4. The summed E-state index contributed by atoms with van der Waals surface area (Å²) in [6.07, 6.45) is 0. The van der Waals surface area contributed by atoms with Gasteiger partial charge >= 0.3 is 0 Å². The summed E-state index contributed by atoms with van der Waals surface area (Å²) in [5.41, 5.74) is 1.37. The first kappa shape index (κ1) is 11.0. The maximum atomic E-state index is 3.79. The van der Waals surface area contributed by atoms with Gasteiger partial charge < -0.3 is 5.32 Å². The highest BCUT2D eigenvalue weighted by atomic mass is 79.9. The van der Waals surface area contributed by atoms with Gasteiger partial charge in [-0.15, -0.1) is 11.3 Å². The fourth-order valence-electron chi connectivity index (χ4n) is 1.18. The van der Waals surface area contributed by atoms with Crippen molar-refractivity contribution in [1.29, 1.82) is 0 Å². The predicted molar refractivity (Wildman–Crippen MR) is 63.5 cm³/mol. The van der Waals surface area contributed by atoms with E-state index in [1.54, 1.807) is 11.3 Å². The number of hydrogen-bond donors (Lipinski definition) is 1. The van der Waals surface area contributed by atoms with Crippen LogP contribution in [-0.2, 0) is 0 Å². The Balaban J connectivity index is 2.53. The zero-order valence-electron chi connectivity index (χ0n) is 7.93. The zero-order chi connectivity index (χ0) is 9.84. The first-order chi connectivity index (χ1) is 6.11. The molecule has 1 heterocycles. The lowest BCUT2D eigenvalue weighted by Crippen LogP contribution is -2.19. The molecule has 1 atom stereocenters. The molecule has 13 heavy (non-hydrogen) atoms. The number of nitrogens with one attached hydrogen (secondary N) is 1. The molecular formula is C10H14BrNS. The van der Waals surface area contributed by atoms with Crippen LogP contribution in [0.1, 0.15) is 23.4 Å². The van der Waals surface area contributed by atoms with E-state index in [0.717, 1.165) is 11.0 Å². The molecule has 0 aliphatic carbocycles. The fraction of sp³-hybridized carbons (Fsp3) is 0.400. The van der Waals surface area contributed by atoms with E-state index in [-0.39, 0.29) is 0 Å². The van der Waals surface area contributed by atoms with Crippen LogP contribution in [0, 0.1) is 6.92 Å². The molecule has 0 saturated carbocycles. The van der Waals surface area contributed by atoms with Crippen LogP contribution in [0.15, 0.2) is 22.5 Å². The largest absolute Gasteiger partial charge is 0.305 e. The van der Waals surface area contributed by atoms with Crippen molar-refractivity contribution in [2.75, 3.05) is 6.54 Å². The minimum absolute atomic E-state index is 0.411. The van der Waals surface area contributed by atoms with Crippen molar-refractivity contribution < 1.29 is 0 Å². The van der Waals surface area contributed by atoms with E-state index in [2.05, 4.69) is 53.1 Å². The normalized spacial score (nSPS) is 12.8. The number of hydrogen-bond acceptors (Lipinski definition) is 2. The zero-order valence-corrected chi connectivity index (χ0v) is 10.3. The van der Waals surface area contributed by atoms with Crippen LogP contribution in [0.5, 0.6) is 0 Å². The number of aryl methyl sites for hydroxylation is 1. The van der Waals surface area contributed by atoms with Crippen molar-refractivity contribution in [1.82, 2.24) is 5.32 Å². The second-order valence-corrected chi connectivity index (χ2v) is 5.16. The third-order valence-electron chi connectivity index (χ3n) is 1.90. The van der Waals surface area contributed by atoms with Crippen LogP contribution >= 0.6 is 27.3 Å². The molecule has 0 spiro atoms. The van der Waals surface area contributed by atoms with Crippen LogP contribution in [0.4, 0.5) is 0 Å². The van der Waals surface area contributed by atoms with Crippen molar-refractivity contribution in [3.05, 3.63) is 32.9 Å². The van der Waals surface area contributed by atoms with Crippen LogP contribution in [0.3, 0.4) is 0 Å². The van der Waals surface area contributed by atoms with Crippen molar-refractivity contribution >= 4 is 27.3 Å². The van der Waals surface area contributed by atoms with Gasteiger partial charge in [0.15, 0.2) is 0 Å². The standard InChI is InChI=1S/C10H14BrNS/c1-7-4-5-13-10(7)9(3)12-6-8(2)11/h4-5,9,12H,2,6H2,1,3H3. The van der Waals surface area contributed by atoms with Crippen molar-refractivity contribution in [3.63, 3.8) is 0 Å². The Labute approximate surface area is 92.0 Å². The van der Waals surface area contributed by atoms with Gasteiger partial charge in [0.2, 0.25) is 0 Å². The lowest BCUT2D eigenvalue weighted by molar-refractivity contribution is 0.623. The van der Waals surface area contributed by atoms with Gasteiger partial charge in [-0.2, -0.15) is 0 Å². The van der Waals surface area contributed by atoms with Crippen LogP contribution in [-0.4, -0.2) is 6.54 Å². The first-order valence-electron chi connectivity index (χ1n) is 4.22. The molecular weight excluding hydrogens is 246 g/mol. The van der Waals surface area contributed by atoms with Crippen LogP contribution < -0.4 is 5.32 Å². The Morgan fingerprint density at radius 2 is 2.46 bits per heavy atom. The van der Waals surface area contributed by atoms with Gasteiger partial charge in [0.05, 0.1) is 0 Å². The Kier molecular flexibility index (Phi) is 4.16. The smallest absolute Gasteiger partial charge is 0.0391 e. The summed E-state index contributed by atoms with van der Waals surface area (Å²) < 4.78 is 0.994. The van der Waals surface area contributed by atoms with Gasteiger partial charge in [0.1, 0.15) is 0 Å². The molecule has 1 N–H and O–H groups in total. The molecule has 1 aromatic heterocycles. The average molecular weight is 260 g/mol. The Morgan fingerprint density at radius 3 is 2.92 bits per heavy atom. The van der Waals surface area contributed by atoms with Gasteiger partial charge in [-0.05, 0) is 30.9 Å². The Morgan fingerprint density at radius 1 is 1.77 bits per heavy atom. The van der Waals surface area contributed by atoms with E-state index >= 15 is 0 Å². The summed E-state index contributed by atoms with van der Waals surface area (Å²) in [6, 6.07) is 2.57. The van der Waals surface area contributed by atoms with Crippen molar-refractivity contribution in [2.24, 2.45) is 0 Å². The van der Waals surface area contributed by atoms with E-state index < -0.39 is 0 Å². The summed E-state index contributed by atoms with van der Waals surface area (Å²) in [4.78, 5) is 1.41. The summed E-state index contributed by atoms with van der Waals surface area (Å²) >= 11 is 5.13. The topological polar surface area (TPSA) is 12.0 Å². The maximum Gasteiger partial charge on any atom is 0.0391 e. The van der Waals surface area contributed by atoms with Gasteiger partial charge in [-0.25, -0.2) is 0 Å². The molecule has 72 valence electrons. The molecule has 0 radical (unpaired) electrons. The van der Waals surface area contributed by atoms with Crippen molar-refractivity contribution in [2.45, 2.75) is 19.9 Å². The third-order valence-corrected chi connectivity index (χ3v) is 3.38. The van der Waals surface area contributed by atoms with E-state index in [9.17, 15) is 0 Å². The third kappa shape index (κ3) is 3.25. The molecule has 0 fully saturated rings. The number of thiophene rings is 1. The minimum atomic E-state index is 0.411. The molecule has 1 nitrogen and oxygen atoms in total. The van der Waals surface area contributed by atoms with Gasteiger partial charge in [-0.1, -0.05) is 22.5 Å². The quantitative estimate of drug-likeness (QED) is 0.871. The molecule has 0 aliphatic heterocycles. The molecule has 3 heteroatoms. The molecule has 0 bridgehead atoms. The second-order valence-electron chi connectivity index (χ2n) is 3.09. The molecule has 0 aromatic carbocycles. The molecule has 0 aliphatic rings. The first-order valence-corrected chi connectivity index (χ1v) is 5.89. The van der Waals surface area contributed by atoms with Crippen LogP contribution in [0.25, 0.3) is 0 Å². The highest BCUT2D eigenvalue weighted by molar-refractivity contribution is 9.11. The van der Waals surface area contributed by atoms with E-state index in [0.29, 0.717) is 6.04 Å². The van der Waals surface area contributed by atoms with E-state index in [1.165, 1.54) is 10.4 Å². The Hall–Kier alpha value is -0.120. The average Bonchev–Trinajstić information content (AvgIpc) is 2.47. The summed E-state index contributed by atoms with van der Waals surface area (Å²) in [5.74, 6) is 0. The highest BCUT2D eigenvalue weighted by Crippen LogP contribution is 2.23. The molecule has 0 amide bonds. The lowest BCUT2D eigenvalue weighted by Gasteiger charge is -2.12. The van der Waals surface area contributed by atoms with Gasteiger partial charge in [0.25, 0.3) is 0 Å². The molecule has 1 aromatic rings. The second kappa shape index (κ2) is 4.94. The monoisotopic (exact) mass is 259 g/mol.